The number of hydrogen-bond acceptors (Lipinski definition) is 1. The monoisotopic (exact) mass is 313 g/mol. The fourth-order valence-electron chi connectivity index (χ4n) is 3.78. The van der Waals surface area contributed by atoms with Crippen LogP contribution in [0.3, 0.4) is 0 Å². The van der Waals surface area contributed by atoms with Crippen LogP contribution in [0.4, 0.5) is 0 Å². The smallest absolute Gasteiger partial charge is 0.134 e. The number of hydrogen-bond donors (Lipinski definition) is 1. The summed E-state index contributed by atoms with van der Waals surface area (Å²) in [6, 6.07) is 17.3. The second-order valence-electron chi connectivity index (χ2n) is 7.63. The van der Waals surface area contributed by atoms with E-state index in [9.17, 15) is 0 Å². The minimum absolute atomic E-state index is 0.0671. The average molecular weight is 313 g/mol. The zero-order valence-electron chi connectivity index (χ0n) is 14.1. The van der Waals surface area contributed by atoms with Gasteiger partial charge in [-0.05, 0) is 34.4 Å². The van der Waals surface area contributed by atoms with Crippen molar-refractivity contribution in [3.05, 3.63) is 60.4 Å². The molecule has 3 aromatic carbocycles. The summed E-state index contributed by atoms with van der Waals surface area (Å²) in [6.45, 7) is 6.67. The summed E-state index contributed by atoms with van der Waals surface area (Å²) in [5.74, 6) is 0. The molecule has 24 heavy (non-hydrogen) atoms. The van der Waals surface area contributed by atoms with Gasteiger partial charge in [-0.2, -0.15) is 0 Å². The van der Waals surface area contributed by atoms with Crippen molar-refractivity contribution in [3.8, 4) is 0 Å². The Morgan fingerprint density at radius 3 is 2.50 bits per heavy atom. The van der Waals surface area contributed by atoms with Gasteiger partial charge in [0.15, 0.2) is 0 Å². The summed E-state index contributed by atoms with van der Waals surface area (Å²) < 4.78 is 5.90. The Balaban J connectivity index is 1.96. The molecule has 0 aliphatic rings. The lowest BCUT2D eigenvalue weighted by atomic mass is 9.87. The number of rotatable bonds is 0. The molecule has 0 amide bonds. The van der Waals surface area contributed by atoms with Crippen LogP contribution in [0, 0.1) is 0 Å². The lowest BCUT2D eigenvalue weighted by Crippen LogP contribution is -2.09. The zero-order chi connectivity index (χ0) is 16.5. The van der Waals surface area contributed by atoms with Crippen molar-refractivity contribution in [2.45, 2.75) is 26.2 Å². The Hall–Kier alpha value is -2.74. The molecule has 0 saturated carbocycles. The molecule has 0 radical (unpaired) electrons. The number of nitrogens with one attached hydrogen (secondary N) is 1. The van der Waals surface area contributed by atoms with Gasteiger partial charge in [-0.1, -0.05) is 51.1 Å². The summed E-state index contributed by atoms with van der Waals surface area (Å²) in [5, 5.41) is 6.25. The van der Waals surface area contributed by atoms with Crippen LogP contribution in [0.2, 0.25) is 0 Å². The topological polar surface area (TPSA) is 28.9 Å². The molecule has 5 rings (SSSR count). The molecular weight excluding hydrogens is 294 g/mol. The van der Waals surface area contributed by atoms with E-state index in [-0.39, 0.29) is 5.41 Å². The highest BCUT2D eigenvalue weighted by molar-refractivity contribution is 6.21. The van der Waals surface area contributed by atoms with Crippen molar-refractivity contribution in [2.24, 2.45) is 0 Å². The van der Waals surface area contributed by atoms with E-state index < -0.39 is 0 Å². The van der Waals surface area contributed by atoms with Crippen LogP contribution in [0.25, 0.3) is 43.5 Å². The first-order chi connectivity index (χ1) is 11.5. The van der Waals surface area contributed by atoms with Gasteiger partial charge in [0.2, 0.25) is 0 Å². The summed E-state index contributed by atoms with van der Waals surface area (Å²) in [4.78, 5) is 3.59. The van der Waals surface area contributed by atoms with Crippen molar-refractivity contribution in [1.29, 1.82) is 0 Å². The lowest BCUT2D eigenvalue weighted by Gasteiger charge is -2.16. The predicted molar refractivity (Wildman–Crippen MR) is 102 cm³/mol. The molecule has 2 heterocycles. The normalized spacial score (nSPS) is 12.8. The maximum atomic E-state index is 5.90. The molecule has 2 heteroatoms. The molecule has 118 valence electrons. The van der Waals surface area contributed by atoms with E-state index in [1.807, 2.05) is 6.26 Å². The van der Waals surface area contributed by atoms with E-state index in [1.54, 1.807) is 0 Å². The fraction of sp³-hybridized carbons (Fsp3) is 0.182. The fourth-order valence-corrected chi connectivity index (χ4v) is 3.78. The summed E-state index contributed by atoms with van der Waals surface area (Å²) in [6.07, 6.45) is 1.91. The van der Waals surface area contributed by atoms with Crippen molar-refractivity contribution < 1.29 is 4.42 Å². The first kappa shape index (κ1) is 13.7. The maximum Gasteiger partial charge on any atom is 0.134 e. The van der Waals surface area contributed by atoms with Gasteiger partial charge in [-0.25, -0.2) is 0 Å². The second kappa shape index (κ2) is 4.41. The van der Waals surface area contributed by atoms with Gasteiger partial charge in [0.1, 0.15) is 5.58 Å². The molecule has 2 aromatic heterocycles. The van der Waals surface area contributed by atoms with Gasteiger partial charge in [-0.15, -0.1) is 0 Å². The predicted octanol–water partition coefficient (Wildman–Crippen LogP) is 6.52. The number of benzene rings is 3. The third kappa shape index (κ3) is 1.77. The van der Waals surface area contributed by atoms with Gasteiger partial charge in [0, 0.05) is 32.8 Å². The van der Waals surface area contributed by atoms with Gasteiger partial charge < -0.3 is 9.40 Å². The highest BCUT2D eigenvalue weighted by atomic mass is 16.3. The Bertz CT molecular complexity index is 1230. The quantitative estimate of drug-likeness (QED) is 0.346. The zero-order valence-corrected chi connectivity index (χ0v) is 14.1. The molecule has 0 spiro atoms. The van der Waals surface area contributed by atoms with Gasteiger partial charge >= 0.3 is 0 Å². The van der Waals surface area contributed by atoms with E-state index in [4.69, 9.17) is 4.42 Å². The Morgan fingerprint density at radius 2 is 1.67 bits per heavy atom. The van der Waals surface area contributed by atoms with Crippen molar-refractivity contribution in [1.82, 2.24) is 4.98 Å². The van der Waals surface area contributed by atoms with Crippen LogP contribution < -0.4 is 0 Å². The van der Waals surface area contributed by atoms with Crippen molar-refractivity contribution in [2.75, 3.05) is 0 Å². The van der Waals surface area contributed by atoms with Gasteiger partial charge in [-0.3, -0.25) is 0 Å². The van der Waals surface area contributed by atoms with Crippen molar-refractivity contribution >= 4 is 43.5 Å². The van der Waals surface area contributed by atoms with Gasteiger partial charge in [0.05, 0.1) is 6.26 Å². The molecule has 0 fully saturated rings. The number of furan rings is 1. The van der Waals surface area contributed by atoms with Crippen LogP contribution in [0.5, 0.6) is 0 Å². The van der Waals surface area contributed by atoms with E-state index >= 15 is 0 Å². The Labute approximate surface area is 140 Å². The minimum Gasteiger partial charge on any atom is -0.464 e. The van der Waals surface area contributed by atoms with Crippen LogP contribution in [0.15, 0.2) is 59.2 Å². The molecule has 0 unspecified atom stereocenters. The molecule has 0 saturated heterocycles. The maximum absolute atomic E-state index is 5.90. The summed E-state index contributed by atoms with van der Waals surface area (Å²) >= 11 is 0. The molecule has 0 aliphatic carbocycles. The van der Waals surface area contributed by atoms with Crippen LogP contribution >= 0.6 is 0 Å². The van der Waals surface area contributed by atoms with Crippen LogP contribution in [-0.4, -0.2) is 4.98 Å². The van der Waals surface area contributed by atoms with Crippen LogP contribution in [0.1, 0.15) is 26.3 Å². The number of aromatic amines is 1. The number of aromatic nitrogens is 1. The van der Waals surface area contributed by atoms with Crippen molar-refractivity contribution in [3.63, 3.8) is 0 Å². The SMILES string of the molecule is CC(C)(C)c1coc2cc3c(cc12)[nH]c1ccc2ccccc2c13. The van der Waals surface area contributed by atoms with E-state index in [1.165, 1.54) is 43.5 Å². The number of fused-ring (bicyclic) bond motifs is 6. The lowest BCUT2D eigenvalue weighted by molar-refractivity contribution is 0.557. The van der Waals surface area contributed by atoms with E-state index in [0.717, 1.165) is 5.58 Å². The third-order valence-corrected chi connectivity index (χ3v) is 4.99. The molecule has 1 N–H and O–H groups in total. The average Bonchev–Trinajstić information content (AvgIpc) is 3.12. The molecular formula is C22H19NO. The molecule has 5 aromatic rings. The molecule has 0 bridgehead atoms. The first-order valence-corrected chi connectivity index (χ1v) is 8.37. The first-order valence-electron chi connectivity index (χ1n) is 8.37. The summed E-state index contributed by atoms with van der Waals surface area (Å²) in [7, 11) is 0. The second-order valence-corrected chi connectivity index (χ2v) is 7.63. The standard InChI is InChI=1S/C22H19NO/c1-22(2,3)17-12-24-20-11-16-19(10-15(17)20)23-18-9-8-13-6-4-5-7-14(13)21(16)18/h4-12,23H,1-3H3. The van der Waals surface area contributed by atoms with E-state index in [2.05, 4.69) is 74.3 Å². The van der Waals surface area contributed by atoms with E-state index in [0.29, 0.717) is 0 Å². The number of H-pyrrole nitrogens is 1. The molecule has 0 atom stereocenters. The molecule has 2 nitrogen and oxygen atoms in total. The third-order valence-electron chi connectivity index (χ3n) is 4.99. The Kier molecular flexibility index (Phi) is 2.52. The Morgan fingerprint density at radius 1 is 0.833 bits per heavy atom. The highest BCUT2D eigenvalue weighted by Gasteiger charge is 2.21. The van der Waals surface area contributed by atoms with Gasteiger partial charge in [0.25, 0.3) is 0 Å². The minimum atomic E-state index is 0.0671. The molecule has 0 aliphatic heterocycles. The summed E-state index contributed by atoms with van der Waals surface area (Å²) in [5.41, 5.74) is 4.62. The van der Waals surface area contributed by atoms with Crippen LogP contribution in [-0.2, 0) is 5.41 Å². The largest absolute Gasteiger partial charge is 0.464 e. The highest BCUT2D eigenvalue weighted by Crippen LogP contribution is 2.38.